The summed E-state index contributed by atoms with van der Waals surface area (Å²) in [7, 11) is 0. The molecule has 18 heavy (non-hydrogen) atoms. The molecule has 1 aromatic rings. The molecule has 0 aromatic heterocycles. The molecule has 1 aliphatic rings. The van der Waals surface area contributed by atoms with E-state index < -0.39 is 0 Å². The van der Waals surface area contributed by atoms with E-state index in [1.165, 1.54) is 37.9 Å². The molecule has 100 valence electrons. The summed E-state index contributed by atoms with van der Waals surface area (Å²) in [4.78, 5) is 2.68. The number of rotatable bonds is 5. The van der Waals surface area contributed by atoms with Crippen LogP contribution in [-0.4, -0.2) is 36.6 Å². The van der Waals surface area contributed by atoms with Crippen molar-refractivity contribution in [3.63, 3.8) is 0 Å². The molecule has 1 aromatic carbocycles. The number of nitrogens with one attached hydrogen (secondary N) is 1. The molecule has 1 N–H and O–H groups in total. The van der Waals surface area contributed by atoms with Gasteiger partial charge in [0.05, 0.1) is 0 Å². The van der Waals surface area contributed by atoms with Crippen molar-refractivity contribution in [3.05, 3.63) is 35.9 Å². The number of nitrogens with zero attached hydrogens (tertiary/aromatic N) is 1. The third-order valence-corrected chi connectivity index (χ3v) is 3.93. The predicted molar refractivity (Wildman–Crippen MR) is 77.9 cm³/mol. The van der Waals surface area contributed by atoms with Crippen LogP contribution in [0.25, 0.3) is 0 Å². The summed E-state index contributed by atoms with van der Waals surface area (Å²) < 4.78 is 0. The summed E-state index contributed by atoms with van der Waals surface area (Å²) in [6.45, 7) is 8.13. The Kier molecular flexibility index (Phi) is 5.21. The van der Waals surface area contributed by atoms with E-state index in [4.69, 9.17) is 0 Å². The van der Waals surface area contributed by atoms with Gasteiger partial charge in [-0.15, -0.1) is 0 Å². The molecule has 1 heterocycles. The molecule has 2 heteroatoms. The first-order chi connectivity index (χ1) is 8.83. The molecule has 2 rings (SSSR count). The summed E-state index contributed by atoms with van der Waals surface area (Å²) in [5, 5.41) is 3.69. The highest BCUT2D eigenvalue weighted by atomic mass is 15.2. The normalized spacial score (nSPS) is 25.2. The van der Waals surface area contributed by atoms with Gasteiger partial charge in [-0.1, -0.05) is 44.2 Å². The van der Waals surface area contributed by atoms with Gasteiger partial charge in [-0.2, -0.15) is 0 Å². The molecular formula is C16H26N2. The van der Waals surface area contributed by atoms with Gasteiger partial charge in [0.15, 0.2) is 0 Å². The molecule has 0 aliphatic carbocycles. The maximum absolute atomic E-state index is 3.69. The van der Waals surface area contributed by atoms with Gasteiger partial charge in [-0.3, -0.25) is 4.90 Å². The SMILES string of the molecule is CCCN1CC(CC)NCC1Cc1ccccc1. The highest BCUT2D eigenvalue weighted by Crippen LogP contribution is 2.14. The molecule has 0 radical (unpaired) electrons. The molecule has 2 unspecified atom stereocenters. The monoisotopic (exact) mass is 246 g/mol. The van der Waals surface area contributed by atoms with E-state index in [0.29, 0.717) is 12.1 Å². The van der Waals surface area contributed by atoms with Crippen LogP contribution in [0, 0.1) is 0 Å². The van der Waals surface area contributed by atoms with Crippen molar-refractivity contribution in [2.75, 3.05) is 19.6 Å². The van der Waals surface area contributed by atoms with Crippen molar-refractivity contribution in [2.24, 2.45) is 0 Å². The van der Waals surface area contributed by atoms with Gasteiger partial charge in [-0.05, 0) is 31.4 Å². The second kappa shape index (κ2) is 6.91. The van der Waals surface area contributed by atoms with E-state index in [1.807, 2.05) is 0 Å². The highest BCUT2D eigenvalue weighted by molar-refractivity contribution is 5.16. The lowest BCUT2D eigenvalue weighted by atomic mass is 10.00. The molecule has 2 atom stereocenters. The van der Waals surface area contributed by atoms with Crippen LogP contribution in [0.5, 0.6) is 0 Å². The van der Waals surface area contributed by atoms with E-state index in [9.17, 15) is 0 Å². The molecule has 0 amide bonds. The van der Waals surface area contributed by atoms with Crippen LogP contribution in [0.4, 0.5) is 0 Å². The number of hydrogen-bond acceptors (Lipinski definition) is 2. The zero-order chi connectivity index (χ0) is 12.8. The Balaban J connectivity index is 1.97. The lowest BCUT2D eigenvalue weighted by Crippen LogP contribution is -2.57. The Morgan fingerprint density at radius 1 is 1.22 bits per heavy atom. The lowest BCUT2D eigenvalue weighted by Gasteiger charge is -2.40. The fourth-order valence-corrected chi connectivity index (χ4v) is 2.85. The Labute approximate surface area is 111 Å². The smallest absolute Gasteiger partial charge is 0.0261 e. The lowest BCUT2D eigenvalue weighted by molar-refractivity contribution is 0.128. The zero-order valence-corrected chi connectivity index (χ0v) is 11.7. The minimum atomic E-state index is 0.662. The van der Waals surface area contributed by atoms with E-state index in [2.05, 4.69) is 54.4 Å². The fourth-order valence-electron chi connectivity index (χ4n) is 2.85. The Bertz CT molecular complexity index is 336. The van der Waals surface area contributed by atoms with Gasteiger partial charge in [0.1, 0.15) is 0 Å². The first kappa shape index (κ1) is 13.6. The number of benzene rings is 1. The summed E-state index contributed by atoms with van der Waals surface area (Å²) >= 11 is 0. The van der Waals surface area contributed by atoms with Gasteiger partial charge >= 0.3 is 0 Å². The van der Waals surface area contributed by atoms with Crippen LogP contribution in [0.1, 0.15) is 32.3 Å². The second-order valence-electron chi connectivity index (χ2n) is 5.35. The van der Waals surface area contributed by atoms with Gasteiger partial charge in [0.2, 0.25) is 0 Å². The topological polar surface area (TPSA) is 15.3 Å². The van der Waals surface area contributed by atoms with Crippen molar-refractivity contribution in [1.29, 1.82) is 0 Å². The standard InChI is InChI=1S/C16H26N2/c1-3-10-18-13-15(4-2)17-12-16(18)11-14-8-6-5-7-9-14/h5-9,15-17H,3-4,10-13H2,1-2H3. The third kappa shape index (κ3) is 3.56. The molecule has 2 nitrogen and oxygen atoms in total. The molecular weight excluding hydrogens is 220 g/mol. The zero-order valence-electron chi connectivity index (χ0n) is 11.7. The summed E-state index contributed by atoms with van der Waals surface area (Å²) in [5.41, 5.74) is 1.46. The van der Waals surface area contributed by atoms with Crippen LogP contribution in [-0.2, 0) is 6.42 Å². The minimum absolute atomic E-state index is 0.662. The highest BCUT2D eigenvalue weighted by Gasteiger charge is 2.26. The van der Waals surface area contributed by atoms with Crippen LogP contribution in [0.15, 0.2) is 30.3 Å². The van der Waals surface area contributed by atoms with E-state index in [0.717, 1.165) is 6.54 Å². The average Bonchev–Trinajstić information content (AvgIpc) is 2.42. The van der Waals surface area contributed by atoms with Gasteiger partial charge < -0.3 is 5.32 Å². The minimum Gasteiger partial charge on any atom is -0.311 e. The maximum atomic E-state index is 3.69. The molecule has 0 spiro atoms. The van der Waals surface area contributed by atoms with Crippen LogP contribution in [0.3, 0.4) is 0 Å². The van der Waals surface area contributed by atoms with Gasteiger partial charge in [0.25, 0.3) is 0 Å². The maximum Gasteiger partial charge on any atom is 0.0261 e. The van der Waals surface area contributed by atoms with Crippen LogP contribution < -0.4 is 5.32 Å². The average molecular weight is 246 g/mol. The Morgan fingerprint density at radius 3 is 2.67 bits per heavy atom. The van der Waals surface area contributed by atoms with Crippen LogP contribution in [0.2, 0.25) is 0 Å². The Hall–Kier alpha value is -0.860. The van der Waals surface area contributed by atoms with E-state index in [-0.39, 0.29) is 0 Å². The second-order valence-corrected chi connectivity index (χ2v) is 5.35. The van der Waals surface area contributed by atoms with Crippen molar-refractivity contribution < 1.29 is 0 Å². The van der Waals surface area contributed by atoms with E-state index >= 15 is 0 Å². The van der Waals surface area contributed by atoms with Crippen molar-refractivity contribution in [3.8, 4) is 0 Å². The molecule has 1 aliphatic heterocycles. The molecule has 0 bridgehead atoms. The molecule has 0 saturated carbocycles. The Morgan fingerprint density at radius 2 is 2.00 bits per heavy atom. The number of hydrogen-bond donors (Lipinski definition) is 1. The predicted octanol–water partition coefficient (Wildman–Crippen LogP) is 2.69. The first-order valence-corrected chi connectivity index (χ1v) is 7.34. The quantitative estimate of drug-likeness (QED) is 0.859. The van der Waals surface area contributed by atoms with Crippen LogP contribution >= 0.6 is 0 Å². The fraction of sp³-hybridized carbons (Fsp3) is 0.625. The largest absolute Gasteiger partial charge is 0.311 e. The van der Waals surface area contributed by atoms with E-state index in [1.54, 1.807) is 0 Å². The van der Waals surface area contributed by atoms with Crippen molar-refractivity contribution in [1.82, 2.24) is 10.2 Å². The molecule has 1 fully saturated rings. The van der Waals surface area contributed by atoms with Crippen molar-refractivity contribution in [2.45, 2.75) is 45.2 Å². The van der Waals surface area contributed by atoms with Gasteiger partial charge in [-0.25, -0.2) is 0 Å². The van der Waals surface area contributed by atoms with Crippen molar-refractivity contribution >= 4 is 0 Å². The first-order valence-electron chi connectivity index (χ1n) is 7.34. The summed E-state index contributed by atoms with van der Waals surface area (Å²) in [5.74, 6) is 0. The summed E-state index contributed by atoms with van der Waals surface area (Å²) in [6.07, 6.45) is 3.66. The summed E-state index contributed by atoms with van der Waals surface area (Å²) in [6, 6.07) is 12.2. The third-order valence-electron chi connectivity index (χ3n) is 3.93. The number of piperazine rings is 1. The molecule has 1 saturated heterocycles. The van der Waals surface area contributed by atoms with Gasteiger partial charge in [0, 0.05) is 25.2 Å².